The summed E-state index contributed by atoms with van der Waals surface area (Å²) in [4.78, 5) is 4.32. The lowest BCUT2D eigenvalue weighted by Gasteiger charge is -2.05. The van der Waals surface area contributed by atoms with Crippen LogP contribution in [0.3, 0.4) is 0 Å². The van der Waals surface area contributed by atoms with Crippen molar-refractivity contribution in [1.82, 2.24) is 14.9 Å². The molecule has 5 heteroatoms. The van der Waals surface area contributed by atoms with Gasteiger partial charge >= 0.3 is 0 Å². The number of rotatable bonds is 6. The zero-order chi connectivity index (χ0) is 13.7. The molecule has 0 fully saturated rings. The highest BCUT2D eigenvalue weighted by Gasteiger charge is 2.04. The third-order valence-electron chi connectivity index (χ3n) is 2.86. The van der Waals surface area contributed by atoms with Crippen LogP contribution in [-0.2, 0) is 13.0 Å². The molecule has 2 rings (SSSR count). The predicted octanol–water partition coefficient (Wildman–Crippen LogP) is 2.88. The molecule has 0 bridgehead atoms. The molecule has 2 aromatic rings. The van der Waals surface area contributed by atoms with Gasteiger partial charge in [-0.3, -0.25) is 0 Å². The highest BCUT2D eigenvalue weighted by atomic mass is 35.5. The van der Waals surface area contributed by atoms with Crippen molar-refractivity contribution in [2.24, 2.45) is 0 Å². The van der Waals surface area contributed by atoms with Gasteiger partial charge in [-0.05, 0) is 30.3 Å². The lowest BCUT2D eigenvalue weighted by Crippen LogP contribution is -2.16. The van der Waals surface area contributed by atoms with Crippen LogP contribution in [0, 0.1) is 5.82 Å². The topological polar surface area (TPSA) is 29.9 Å². The third kappa shape index (κ3) is 4.04. The molecule has 0 spiro atoms. The Morgan fingerprint density at radius 1 is 1.42 bits per heavy atom. The van der Waals surface area contributed by atoms with Crippen LogP contribution in [0.15, 0.2) is 30.7 Å². The van der Waals surface area contributed by atoms with Gasteiger partial charge in [0.25, 0.3) is 0 Å². The number of aromatic nitrogens is 2. The third-order valence-corrected chi connectivity index (χ3v) is 3.22. The van der Waals surface area contributed by atoms with Gasteiger partial charge < -0.3 is 9.88 Å². The molecular formula is C14H17ClFN3. The van der Waals surface area contributed by atoms with Gasteiger partial charge in [-0.2, -0.15) is 0 Å². The number of nitrogens with zero attached hydrogens (tertiary/aromatic N) is 2. The van der Waals surface area contributed by atoms with Crippen molar-refractivity contribution in [2.45, 2.75) is 19.9 Å². The lowest BCUT2D eigenvalue weighted by molar-refractivity contribution is 0.623. The van der Waals surface area contributed by atoms with Crippen molar-refractivity contribution in [1.29, 1.82) is 0 Å². The van der Waals surface area contributed by atoms with Crippen LogP contribution in [-0.4, -0.2) is 22.6 Å². The number of hydrogen-bond donors (Lipinski definition) is 1. The Morgan fingerprint density at radius 3 is 3.05 bits per heavy atom. The fourth-order valence-electron chi connectivity index (χ4n) is 1.88. The summed E-state index contributed by atoms with van der Waals surface area (Å²) >= 11 is 6.04. The summed E-state index contributed by atoms with van der Waals surface area (Å²) in [6, 6.07) is 4.40. The average Bonchev–Trinajstić information content (AvgIpc) is 2.82. The van der Waals surface area contributed by atoms with Gasteiger partial charge in [0.05, 0.1) is 18.6 Å². The molecule has 0 saturated heterocycles. The number of imidazole rings is 1. The van der Waals surface area contributed by atoms with E-state index >= 15 is 0 Å². The van der Waals surface area contributed by atoms with E-state index in [0.29, 0.717) is 11.6 Å². The zero-order valence-electron chi connectivity index (χ0n) is 10.9. The van der Waals surface area contributed by atoms with E-state index in [4.69, 9.17) is 11.6 Å². The smallest absolute Gasteiger partial charge is 0.123 e. The van der Waals surface area contributed by atoms with Gasteiger partial charge in [0.1, 0.15) is 5.82 Å². The number of halogens is 2. The van der Waals surface area contributed by atoms with Gasteiger partial charge in [0, 0.05) is 24.2 Å². The van der Waals surface area contributed by atoms with Crippen LogP contribution in [0.4, 0.5) is 4.39 Å². The fraction of sp³-hybridized carbons (Fsp3) is 0.357. The van der Waals surface area contributed by atoms with E-state index in [2.05, 4.69) is 17.2 Å². The van der Waals surface area contributed by atoms with E-state index in [9.17, 15) is 4.39 Å². The molecule has 0 radical (unpaired) electrons. The largest absolute Gasteiger partial charge is 0.333 e. The first kappa shape index (κ1) is 14.0. The van der Waals surface area contributed by atoms with Gasteiger partial charge in [-0.1, -0.05) is 18.5 Å². The fourth-order valence-corrected chi connectivity index (χ4v) is 2.05. The molecule has 1 N–H and O–H groups in total. The first-order valence-electron chi connectivity index (χ1n) is 6.34. The molecule has 0 unspecified atom stereocenters. The van der Waals surface area contributed by atoms with E-state index < -0.39 is 0 Å². The molecular weight excluding hydrogens is 265 g/mol. The molecule has 0 aliphatic carbocycles. The SMILES string of the molecule is CCNCCc1cn(Cc2cc(F)ccc2Cl)cn1. The van der Waals surface area contributed by atoms with E-state index in [1.807, 2.05) is 10.8 Å². The number of likely N-dealkylation sites (N-methyl/N-ethyl adjacent to an activating group) is 1. The minimum atomic E-state index is -0.271. The maximum absolute atomic E-state index is 13.2. The number of nitrogens with one attached hydrogen (secondary N) is 1. The van der Waals surface area contributed by atoms with Crippen LogP contribution in [0.1, 0.15) is 18.2 Å². The minimum Gasteiger partial charge on any atom is -0.333 e. The van der Waals surface area contributed by atoms with Crippen molar-refractivity contribution in [2.75, 3.05) is 13.1 Å². The molecule has 0 aliphatic rings. The molecule has 0 aliphatic heterocycles. The second-order valence-electron chi connectivity index (χ2n) is 4.38. The van der Waals surface area contributed by atoms with Crippen molar-refractivity contribution >= 4 is 11.6 Å². The normalized spacial score (nSPS) is 10.9. The minimum absolute atomic E-state index is 0.271. The highest BCUT2D eigenvalue weighted by molar-refractivity contribution is 6.31. The van der Waals surface area contributed by atoms with Gasteiger partial charge in [0.2, 0.25) is 0 Å². The molecule has 0 amide bonds. The summed E-state index contributed by atoms with van der Waals surface area (Å²) in [5.74, 6) is -0.271. The summed E-state index contributed by atoms with van der Waals surface area (Å²) in [6.07, 6.45) is 4.61. The Morgan fingerprint density at radius 2 is 2.26 bits per heavy atom. The highest BCUT2D eigenvalue weighted by Crippen LogP contribution is 2.18. The number of hydrogen-bond acceptors (Lipinski definition) is 2. The van der Waals surface area contributed by atoms with Gasteiger partial charge in [0.15, 0.2) is 0 Å². The quantitative estimate of drug-likeness (QED) is 0.825. The molecule has 102 valence electrons. The Balaban J connectivity index is 2.01. The van der Waals surface area contributed by atoms with Crippen LogP contribution in [0.5, 0.6) is 0 Å². The Kier molecular flexibility index (Phi) is 4.93. The first-order valence-corrected chi connectivity index (χ1v) is 6.72. The van der Waals surface area contributed by atoms with Crippen LogP contribution < -0.4 is 5.32 Å². The van der Waals surface area contributed by atoms with Crippen LogP contribution in [0.2, 0.25) is 5.02 Å². The summed E-state index contributed by atoms with van der Waals surface area (Å²) < 4.78 is 15.1. The molecule has 1 aromatic heterocycles. The molecule has 0 atom stereocenters. The standard InChI is InChI=1S/C14H17ClFN3/c1-2-17-6-5-13-9-19(10-18-13)8-11-7-12(16)3-4-14(11)15/h3-4,7,9-10,17H,2,5-6,8H2,1H3. The summed E-state index contributed by atoms with van der Waals surface area (Å²) in [5, 5.41) is 3.83. The van der Waals surface area contributed by atoms with E-state index in [1.54, 1.807) is 12.4 Å². The van der Waals surface area contributed by atoms with E-state index in [0.717, 1.165) is 30.8 Å². The summed E-state index contributed by atoms with van der Waals surface area (Å²) in [6.45, 7) is 4.48. The predicted molar refractivity (Wildman–Crippen MR) is 75.0 cm³/mol. The van der Waals surface area contributed by atoms with Crippen LogP contribution in [0.25, 0.3) is 0 Å². The Bertz CT molecular complexity index is 539. The monoisotopic (exact) mass is 281 g/mol. The summed E-state index contributed by atoms with van der Waals surface area (Å²) in [5.41, 5.74) is 1.78. The Hall–Kier alpha value is -1.39. The summed E-state index contributed by atoms with van der Waals surface area (Å²) in [7, 11) is 0. The van der Waals surface area contributed by atoms with Crippen LogP contribution >= 0.6 is 11.6 Å². The zero-order valence-corrected chi connectivity index (χ0v) is 11.6. The van der Waals surface area contributed by atoms with Gasteiger partial charge in [-0.25, -0.2) is 9.37 Å². The van der Waals surface area contributed by atoms with Gasteiger partial charge in [-0.15, -0.1) is 0 Å². The molecule has 1 heterocycles. The first-order chi connectivity index (χ1) is 9.19. The lowest BCUT2D eigenvalue weighted by atomic mass is 10.2. The molecule has 0 saturated carbocycles. The second-order valence-corrected chi connectivity index (χ2v) is 4.78. The maximum atomic E-state index is 13.2. The van der Waals surface area contributed by atoms with E-state index in [-0.39, 0.29) is 5.82 Å². The molecule has 1 aromatic carbocycles. The molecule has 19 heavy (non-hydrogen) atoms. The average molecular weight is 282 g/mol. The number of benzene rings is 1. The van der Waals surface area contributed by atoms with Crippen molar-refractivity contribution in [3.8, 4) is 0 Å². The second kappa shape index (κ2) is 6.68. The van der Waals surface area contributed by atoms with Crippen molar-refractivity contribution in [3.63, 3.8) is 0 Å². The molecule has 3 nitrogen and oxygen atoms in total. The van der Waals surface area contributed by atoms with Crippen molar-refractivity contribution in [3.05, 3.63) is 52.8 Å². The maximum Gasteiger partial charge on any atom is 0.123 e. The Labute approximate surface area is 117 Å². The van der Waals surface area contributed by atoms with E-state index in [1.165, 1.54) is 12.1 Å². The van der Waals surface area contributed by atoms with Crippen molar-refractivity contribution < 1.29 is 4.39 Å².